The van der Waals surface area contributed by atoms with E-state index in [1.54, 1.807) is 24.3 Å². The minimum absolute atomic E-state index is 0.0562. The van der Waals surface area contributed by atoms with E-state index in [1.807, 2.05) is 6.07 Å². The van der Waals surface area contributed by atoms with Crippen LogP contribution in [0.15, 0.2) is 48.5 Å². The molecule has 0 bridgehead atoms. The lowest BCUT2D eigenvalue weighted by atomic mass is 10.00. The Morgan fingerprint density at radius 1 is 1.15 bits per heavy atom. The van der Waals surface area contributed by atoms with Crippen molar-refractivity contribution in [3.05, 3.63) is 71.0 Å². The van der Waals surface area contributed by atoms with Gasteiger partial charge in [-0.05, 0) is 30.7 Å². The Balaban J connectivity index is 1.88. The number of alkyl carbamates (subject to hydrolysis) is 1. The molecule has 6 nitrogen and oxygen atoms in total. The van der Waals surface area contributed by atoms with Crippen LogP contribution in [-0.2, 0) is 11.3 Å². The summed E-state index contributed by atoms with van der Waals surface area (Å²) in [4.78, 5) is 23.0. The molecule has 138 valence electrons. The van der Waals surface area contributed by atoms with E-state index >= 15 is 0 Å². The van der Waals surface area contributed by atoms with E-state index in [2.05, 4.69) is 5.32 Å². The summed E-state index contributed by atoms with van der Waals surface area (Å²) in [5, 5.41) is 22.4. The van der Waals surface area contributed by atoms with Crippen molar-refractivity contribution in [1.29, 1.82) is 0 Å². The Labute approximate surface area is 150 Å². The molecule has 0 aliphatic heterocycles. The van der Waals surface area contributed by atoms with Gasteiger partial charge < -0.3 is 20.3 Å². The van der Waals surface area contributed by atoms with Gasteiger partial charge in [-0.15, -0.1) is 0 Å². The van der Waals surface area contributed by atoms with Crippen LogP contribution in [0.4, 0.5) is 9.18 Å². The molecule has 2 atom stereocenters. The molecule has 0 aliphatic rings. The van der Waals surface area contributed by atoms with E-state index in [4.69, 9.17) is 4.74 Å². The zero-order valence-electron chi connectivity index (χ0n) is 14.2. The normalized spacial score (nSPS) is 12.9. The summed E-state index contributed by atoms with van der Waals surface area (Å²) in [6.45, 7) is 1.02. The van der Waals surface area contributed by atoms with Gasteiger partial charge in [0.15, 0.2) is 5.78 Å². The molecule has 2 rings (SSSR count). The van der Waals surface area contributed by atoms with E-state index < -0.39 is 24.1 Å². The van der Waals surface area contributed by atoms with E-state index in [1.165, 1.54) is 19.1 Å². The number of ketones is 1. The third-order valence-corrected chi connectivity index (χ3v) is 3.75. The summed E-state index contributed by atoms with van der Waals surface area (Å²) >= 11 is 0. The van der Waals surface area contributed by atoms with E-state index in [-0.39, 0.29) is 30.1 Å². The highest BCUT2D eigenvalue weighted by atomic mass is 19.1. The number of ether oxygens (including phenoxy) is 1. The molecule has 26 heavy (non-hydrogen) atoms. The van der Waals surface area contributed by atoms with Crippen molar-refractivity contribution >= 4 is 11.9 Å². The lowest BCUT2D eigenvalue weighted by Gasteiger charge is -2.19. The third-order valence-electron chi connectivity index (χ3n) is 3.75. The monoisotopic (exact) mass is 361 g/mol. The highest BCUT2D eigenvalue weighted by Crippen LogP contribution is 2.22. The molecule has 0 aliphatic carbocycles. The Kier molecular flexibility index (Phi) is 6.82. The van der Waals surface area contributed by atoms with Crippen molar-refractivity contribution in [3.63, 3.8) is 0 Å². The van der Waals surface area contributed by atoms with Gasteiger partial charge in [-0.1, -0.05) is 30.3 Å². The highest BCUT2D eigenvalue weighted by molar-refractivity contribution is 5.94. The molecule has 0 heterocycles. The number of aliphatic hydroxyl groups excluding tert-OH is 2. The Hall–Kier alpha value is -2.77. The molecule has 0 saturated carbocycles. The number of nitrogens with one attached hydrogen (secondary N) is 1. The summed E-state index contributed by atoms with van der Waals surface area (Å²) in [5.74, 6) is -1.05. The van der Waals surface area contributed by atoms with Crippen LogP contribution >= 0.6 is 0 Å². The van der Waals surface area contributed by atoms with Crippen molar-refractivity contribution in [1.82, 2.24) is 5.32 Å². The van der Waals surface area contributed by atoms with Gasteiger partial charge in [0.1, 0.15) is 24.6 Å². The van der Waals surface area contributed by atoms with Crippen LogP contribution < -0.4 is 5.32 Å². The summed E-state index contributed by atoms with van der Waals surface area (Å²) in [6.07, 6.45) is -3.86. The molecule has 0 spiro atoms. The molecule has 2 aromatic carbocycles. The minimum atomic E-state index is -1.61. The average Bonchev–Trinajstić information content (AvgIpc) is 2.64. The van der Waals surface area contributed by atoms with E-state index in [9.17, 15) is 24.2 Å². The van der Waals surface area contributed by atoms with Crippen LogP contribution in [0.1, 0.15) is 34.5 Å². The van der Waals surface area contributed by atoms with Gasteiger partial charge in [-0.3, -0.25) is 4.79 Å². The van der Waals surface area contributed by atoms with Gasteiger partial charge in [0.25, 0.3) is 0 Å². The second-order valence-corrected chi connectivity index (χ2v) is 5.75. The van der Waals surface area contributed by atoms with Crippen LogP contribution in [0.3, 0.4) is 0 Å². The number of carbonyl (C=O) groups excluding carboxylic acids is 2. The third kappa shape index (κ3) is 5.37. The second kappa shape index (κ2) is 9.07. The van der Waals surface area contributed by atoms with Crippen molar-refractivity contribution in [3.8, 4) is 0 Å². The van der Waals surface area contributed by atoms with Crippen LogP contribution in [-0.4, -0.2) is 34.7 Å². The Morgan fingerprint density at radius 3 is 2.50 bits per heavy atom. The number of aliphatic hydroxyl groups is 2. The first-order valence-corrected chi connectivity index (χ1v) is 7.99. The summed E-state index contributed by atoms with van der Waals surface area (Å²) in [6, 6.07) is 12.5. The van der Waals surface area contributed by atoms with Crippen LogP contribution in [0.5, 0.6) is 0 Å². The van der Waals surface area contributed by atoms with Crippen molar-refractivity contribution < 1.29 is 28.9 Å². The number of amides is 1. The largest absolute Gasteiger partial charge is 0.445 e. The number of Topliss-reactive ketones (excluding diaryl/α,β-unsaturated/α-hetero) is 1. The van der Waals surface area contributed by atoms with Gasteiger partial charge in [0.05, 0.1) is 0 Å². The molecule has 2 unspecified atom stereocenters. The summed E-state index contributed by atoms with van der Waals surface area (Å²) in [5.41, 5.74) is 0.791. The SMILES string of the molecule is CC(=O)c1ccc(F)c(C(O)C(O)CNC(=O)OCc2ccccc2)c1. The number of carbonyl (C=O) groups is 2. The standard InChI is InChI=1S/C19H20FNO5/c1-12(22)14-7-8-16(20)15(9-14)18(24)17(23)10-21-19(25)26-11-13-5-3-2-4-6-13/h2-9,17-18,23-24H,10-11H2,1H3,(H,21,25). The maximum Gasteiger partial charge on any atom is 0.407 e. The fourth-order valence-corrected chi connectivity index (χ4v) is 2.27. The number of rotatable bonds is 7. The lowest BCUT2D eigenvalue weighted by molar-refractivity contribution is 0.0164. The summed E-state index contributed by atoms with van der Waals surface area (Å²) < 4.78 is 18.8. The maximum absolute atomic E-state index is 13.9. The molecule has 0 radical (unpaired) electrons. The molecule has 3 N–H and O–H groups in total. The van der Waals surface area contributed by atoms with E-state index in [0.717, 1.165) is 11.6 Å². The molecule has 0 fully saturated rings. The number of hydrogen-bond acceptors (Lipinski definition) is 5. The minimum Gasteiger partial charge on any atom is -0.445 e. The van der Waals surface area contributed by atoms with Gasteiger partial charge in [-0.25, -0.2) is 9.18 Å². The van der Waals surface area contributed by atoms with E-state index in [0.29, 0.717) is 0 Å². The first-order chi connectivity index (χ1) is 12.4. The second-order valence-electron chi connectivity index (χ2n) is 5.75. The molecular formula is C19H20FNO5. The quantitative estimate of drug-likeness (QED) is 0.658. The number of benzene rings is 2. The molecule has 0 aromatic heterocycles. The van der Waals surface area contributed by atoms with Crippen molar-refractivity contribution in [2.45, 2.75) is 25.7 Å². The van der Waals surface area contributed by atoms with Crippen LogP contribution in [0.2, 0.25) is 0 Å². The Bertz CT molecular complexity index is 766. The molecule has 1 amide bonds. The zero-order valence-corrected chi connectivity index (χ0v) is 14.2. The topological polar surface area (TPSA) is 95.9 Å². The van der Waals surface area contributed by atoms with Crippen LogP contribution in [0, 0.1) is 5.82 Å². The van der Waals surface area contributed by atoms with Crippen molar-refractivity contribution in [2.24, 2.45) is 0 Å². The average molecular weight is 361 g/mol. The predicted octanol–water partition coefficient (Wildman–Crippen LogP) is 2.35. The van der Waals surface area contributed by atoms with Gasteiger partial charge in [-0.2, -0.15) is 0 Å². The number of halogens is 1. The highest BCUT2D eigenvalue weighted by Gasteiger charge is 2.23. The first kappa shape index (κ1) is 19.6. The fourth-order valence-electron chi connectivity index (χ4n) is 2.27. The van der Waals surface area contributed by atoms with Crippen molar-refractivity contribution in [2.75, 3.05) is 6.54 Å². The zero-order chi connectivity index (χ0) is 19.1. The molecule has 0 saturated heterocycles. The first-order valence-electron chi connectivity index (χ1n) is 7.99. The smallest absolute Gasteiger partial charge is 0.407 e. The fraction of sp³-hybridized carbons (Fsp3) is 0.263. The molecular weight excluding hydrogens is 341 g/mol. The van der Waals surface area contributed by atoms with Gasteiger partial charge in [0, 0.05) is 17.7 Å². The van der Waals surface area contributed by atoms with Crippen LogP contribution in [0.25, 0.3) is 0 Å². The van der Waals surface area contributed by atoms with Gasteiger partial charge >= 0.3 is 6.09 Å². The predicted molar refractivity (Wildman–Crippen MR) is 92.0 cm³/mol. The lowest BCUT2D eigenvalue weighted by Crippen LogP contribution is -2.36. The van der Waals surface area contributed by atoms with Gasteiger partial charge in [0.2, 0.25) is 0 Å². The molecule has 7 heteroatoms. The maximum atomic E-state index is 13.9. The Morgan fingerprint density at radius 2 is 1.85 bits per heavy atom. The summed E-state index contributed by atoms with van der Waals surface area (Å²) in [7, 11) is 0. The number of hydrogen-bond donors (Lipinski definition) is 3. The molecule has 2 aromatic rings.